The minimum absolute atomic E-state index is 0.106. The van der Waals surface area contributed by atoms with E-state index in [1.54, 1.807) is 92.4 Å². The van der Waals surface area contributed by atoms with Crippen LogP contribution in [-0.2, 0) is 11.0 Å². The zero-order chi connectivity index (χ0) is 33.1. The third kappa shape index (κ3) is 6.87. The number of aliphatic hydroxyl groups excluding tert-OH is 1. The number of anilines is 4. The summed E-state index contributed by atoms with van der Waals surface area (Å²) in [5.74, 6) is -0.599. The van der Waals surface area contributed by atoms with Crippen molar-refractivity contribution in [2.45, 2.75) is 26.1 Å². The fourth-order valence-corrected chi connectivity index (χ4v) is 5.00. The summed E-state index contributed by atoms with van der Waals surface area (Å²) in [5.41, 5.74) is 2.78. The molecule has 236 valence electrons. The first kappa shape index (κ1) is 31.1. The van der Waals surface area contributed by atoms with Crippen molar-refractivity contribution in [3.05, 3.63) is 138 Å². The molecule has 0 unspecified atom stereocenters. The van der Waals surface area contributed by atoms with Crippen molar-refractivity contribution in [2.75, 3.05) is 10.2 Å². The van der Waals surface area contributed by atoms with Crippen molar-refractivity contribution in [3.8, 4) is 16.9 Å². The van der Waals surface area contributed by atoms with Crippen LogP contribution in [0.25, 0.3) is 16.9 Å². The second-order valence-electron chi connectivity index (χ2n) is 10.8. The van der Waals surface area contributed by atoms with E-state index in [-0.39, 0.29) is 28.6 Å². The van der Waals surface area contributed by atoms with E-state index in [0.29, 0.717) is 17.1 Å². The first-order valence-corrected chi connectivity index (χ1v) is 14.5. The van der Waals surface area contributed by atoms with Gasteiger partial charge in [0.15, 0.2) is 6.10 Å². The van der Waals surface area contributed by atoms with Crippen LogP contribution in [0, 0.1) is 13.8 Å². The average molecular weight is 636 g/mol. The van der Waals surface area contributed by atoms with Gasteiger partial charge in [0.05, 0.1) is 34.7 Å². The molecule has 3 aromatic heterocycles. The minimum Gasteiger partial charge on any atom is -0.378 e. The number of benzene rings is 3. The largest absolute Gasteiger partial charge is 0.416 e. The molecule has 3 aromatic carbocycles. The van der Waals surface area contributed by atoms with Gasteiger partial charge in [-0.1, -0.05) is 36.4 Å². The lowest BCUT2D eigenvalue weighted by Crippen LogP contribution is -2.31. The number of imidazole rings is 1. The molecule has 47 heavy (non-hydrogen) atoms. The number of hydrogen-bond acceptors (Lipinski definition) is 7. The predicted molar refractivity (Wildman–Crippen MR) is 172 cm³/mol. The van der Waals surface area contributed by atoms with Gasteiger partial charge in [-0.2, -0.15) is 13.2 Å². The van der Waals surface area contributed by atoms with Gasteiger partial charge >= 0.3 is 6.18 Å². The van der Waals surface area contributed by atoms with E-state index in [9.17, 15) is 23.1 Å². The lowest BCUT2D eigenvalue weighted by Gasteiger charge is -2.28. The third-order valence-electron chi connectivity index (χ3n) is 7.41. The highest BCUT2D eigenvalue weighted by Crippen LogP contribution is 2.39. The molecule has 0 saturated heterocycles. The van der Waals surface area contributed by atoms with Crippen molar-refractivity contribution in [2.24, 2.45) is 0 Å². The van der Waals surface area contributed by atoms with Gasteiger partial charge < -0.3 is 15.0 Å². The fourth-order valence-electron chi connectivity index (χ4n) is 5.00. The minimum atomic E-state index is -4.73. The van der Waals surface area contributed by atoms with Gasteiger partial charge in [-0.25, -0.2) is 15.0 Å². The van der Waals surface area contributed by atoms with E-state index >= 15 is 0 Å². The smallest absolute Gasteiger partial charge is 0.378 e. The Morgan fingerprint density at radius 3 is 2.43 bits per heavy atom. The standard InChI is InChI=1S/C35H28F3N7O2/c1-22-10-11-27(18-31(22)43-34-40-14-12-30(42-34)25-9-6-13-39-19-25)45(33(47)32(46)24-7-4-3-5-8-24)29-16-26(35(36,37)38)15-28(17-29)44-20-23(2)41-21-44/h3-21,32,46H,1-2H3,(H,40,42,43)/t32-/m1/s1. The summed E-state index contributed by atoms with van der Waals surface area (Å²) in [4.78, 5) is 32.4. The molecule has 0 aliphatic carbocycles. The Labute approximate surface area is 268 Å². The zero-order valence-corrected chi connectivity index (χ0v) is 25.2. The molecule has 0 bridgehead atoms. The van der Waals surface area contributed by atoms with Gasteiger partial charge in [0, 0.05) is 41.7 Å². The van der Waals surface area contributed by atoms with Gasteiger partial charge in [-0.3, -0.25) is 14.7 Å². The van der Waals surface area contributed by atoms with Gasteiger partial charge in [0.2, 0.25) is 5.95 Å². The molecule has 12 heteroatoms. The number of alkyl halides is 3. The van der Waals surface area contributed by atoms with Crippen LogP contribution in [0.3, 0.4) is 0 Å². The van der Waals surface area contributed by atoms with Crippen LogP contribution in [-0.4, -0.2) is 35.5 Å². The van der Waals surface area contributed by atoms with Crippen LogP contribution in [0.15, 0.2) is 116 Å². The molecule has 0 spiro atoms. The number of aliphatic hydroxyl groups is 1. The van der Waals surface area contributed by atoms with Crippen LogP contribution in [0.5, 0.6) is 0 Å². The summed E-state index contributed by atoms with van der Waals surface area (Å²) >= 11 is 0. The number of amides is 1. The molecule has 0 fully saturated rings. The first-order chi connectivity index (χ1) is 22.6. The number of nitrogens with one attached hydrogen (secondary N) is 1. The number of aryl methyl sites for hydroxylation is 2. The van der Waals surface area contributed by atoms with E-state index in [2.05, 4.69) is 25.3 Å². The summed E-state index contributed by atoms with van der Waals surface area (Å²) in [6, 6.07) is 21.8. The lowest BCUT2D eigenvalue weighted by atomic mass is 10.1. The lowest BCUT2D eigenvalue weighted by molar-refractivity contribution is -0.137. The van der Waals surface area contributed by atoms with Crippen LogP contribution >= 0.6 is 0 Å². The topological polar surface area (TPSA) is 109 Å². The molecule has 2 N–H and O–H groups in total. The molecule has 0 saturated carbocycles. The van der Waals surface area contributed by atoms with Crippen molar-refractivity contribution in [1.29, 1.82) is 0 Å². The van der Waals surface area contributed by atoms with E-state index in [0.717, 1.165) is 28.2 Å². The van der Waals surface area contributed by atoms with Crippen LogP contribution < -0.4 is 10.2 Å². The Kier molecular flexibility index (Phi) is 8.51. The predicted octanol–water partition coefficient (Wildman–Crippen LogP) is 7.50. The van der Waals surface area contributed by atoms with Gasteiger partial charge in [0.1, 0.15) is 0 Å². The number of nitrogens with zero attached hydrogens (tertiary/aromatic N) is 6. The van der Waals surface area contributed by atoms with Crippen molar-refractivity contribution >= 4 is 28.9 Å². The maximum atomic E-state index is 14.3. The maximum absolute atomic E-state index is 14.3. The normalized spacial score (nSPS) is 12.0. The van der Waals surface area contributed by atoms with Crippen molar-refractivity contribution in [1.82, 2.24) is 24.5 Å². The number of halogens is 3. The molecular weight excluding hydrogens is 607 g/mol. The second-order valence-corrected chi connectivity index (χ2v) is 10.8. The van der Waals surface area contributed by atoms with E-state index in [4.69, 9.17) is 0 Å². The molecule has 1 atom stereocenters. The highest BCUT2D eigenvalue weighted by atomic mass is 19.4. The molecule has 1 amide bonds. The molecule has 6 aromatic rings. The number of hydrogen-bond donors (Lipinski definition) is 2. The monoisotopic (exact) mass is 635 g/mol. The van der Waals surface area contributed by atoms with Crippen LogP contribution in [0.2, 0.25) is 0 Å². The van der Waals surface area contributed by atoms with Gasteiger partial charge in [0.25, 0.3) is 5.91 Å². The Morgan fingerprint density at radius 2 is 1.72 bits per heavy atom. The van der Waals surface area contributed by atoms with Crippen LogP contribution in [0.4, 0.5) is 36.2 Å². The first-order valence-electron chi connectivity index (χ1n) is 14.5. The quantitative estimate of drug-likeness (QED) is 0.178. The van der Waals surface area contributed by atoms with Gasteiger partial charge in [-0.05, 0) is 73.5 Å². The molecule has 9 nitrogen and oxygen atoms in total. The summed E-state index contributed by atoms with van der Waals surface area (Å²) in [5, 5.41) is 14.4. The van der Waals surface area contributed by atoms with Crippen molar-refractivity contribution < 1.29 is 23.1 Å². The highest BCUT2D eigenvalue weighted by Gasteiger charge is 2.34. The Bertz CT molecular complexity index is 2030. The molecule has 6 rings (SSSR count). The zero-order valence-electron chi connectivity index (χ0n) is 25.2. The van der Waals surface area contributed by atoms with Gasteiger partial charge in [-0.15, -0.1) is 0 Å². The summed E-state index contributed by atoms with van der Waals surface area (Å²) in [6.45, 7) is 3.54. The average Bonchev–Trinajstić information content (AvgIpc) is 3.52. The number of pyridine rings is 1. The molecule has 0 aliphatic heterocycles. The summed E-state index contributed by atoms with van der Waals surface area (Å²) < 4.78 is 44.2. The number of carbonyl (C=O) groups is 1. The molecule has 0 aliphatic rings. The highest BCUT2D eigenvalue weighted by molar-refractivity contribution is 6.04. The van der Waals surface area contributed by atoms with E-state index in [1.807, 2.05) is 13.0 Å². The Hall–Kier alpha value is -5.88. The molecule has 3 heterocycles. The molecule has 0 radical (unpaired) electrons. The Balaban J connectivity index is 1.47. The number of rotatable bonds is 8. The third-order valence-corrected chi connectivity index (χ3v) is 7.41. The maximum Gasteiger partial charge on any atom is 0.416 e. The van der Waals surface area contributed by atoms with E-state index < -0.39 is 23.8 Å². The summed E-state index contributed by atoms with van der Waals surface area (Å²) in [6.07, 6.45) is 1.49. The van der Waals surface area contributed by atoms with Crippen molar-refractivity contribution in [3.63, 3.8) is 0 Å². The summed E-state index contributed by atoms with van der Waals surface area (Å²) in [7, 11) is 0. The second kappa shape index (κ2) is 12.9. The fraction of sp³-hybridized carbons (Fsp3) is 0.114. The van der Waals surface area contributed by atoms with E-state index in [1.165, 1.54) is 17.0 Å². The Morgan fingerprint density at radius 1 is 0.915 bits per heavy atom. The SMILES string of the molecule is Cc1cn(-c2cc(N(C(=O)[C@H](O)c3ccccc3)c3ccc(C)c(Nc4nccc(-c5cccnc5)n4)c3)cc(C(F)(F)F)c2)cn1. The van der Waals surface area contributed by atoms with Crippen LogP contribution in [0.1, 0.15) is 28.5 Å². The molecular formula is C35H28F3N7O2. The number of aromatic nitrogens is 5. The number of carbonyl (C=O) groups excluding carboxylic acids is 1.